The van der Waals surface area contributed by atoms with Gasteiger partial charge >= 0.3 is 0 Å². The van der Waals surface area contributed by atoms with Gasteiger partial charge in [0.1, 0.15) is 12.2 Å². The van der Waals surface area contributed by atoms with Crippen molar-refractivity contribution in [2.45, 2.75) is 30.9 Å². The lowest BCUT2D eigenvalue weighted by Crippen LogP contribution is -2.43. The highest BCUT2D eigenvalue weighted by molar-refractivity contribution is 7.99. The smallest absolute Gasteiger partial charge is 0.141 e. The molecule has 0 saturated carbocycles. The molecule has 1 spiro atoms. The van der Waals surface area contributed by atoms with Crippen LogP contribution >= 0.6 is 11.8 Å². The fourth-order valence-corrected chi connectivity index (χ4v) is 4.55. The standard InChI is InChI=1S/C12H20N4OS/c1-13-10(11-14-8-15-16-11)9-2-4-17-12(6-9)3-5-18-7-12/h8-10,13H,2-7H2,1H3,(H,14,15,16). The van der Waals surface area contributed by atoms with Crippen LogP contribution < -0.4 is 5.32 Å². The van der Waals surface area contributed by atoms with Gasteiger partial charge in [-0.15, -0.1) is 0 Å². The van der Waals surface area contributed by atoms with Crippen molar-refractivity contribution >= 4 is 11.8 Å². The lowest BCUT2D eigenvalue weighted by molar-refractivity contribution is -0.0854. The quantitative estimate of drug-likeness (QED) is 0.867. The minimum Gasteiger partial charge on any atom is -0.374 e. The van der Waals surface area contributed by atoms with Crippen molar-refractivity contribution in [3.8, 4) is 0 Å². The first-order chi connectivity index (χ1) is 8.83. The van der Waals surface area contributed by atoms with Crippen molar-refractivity contribution in [3.63, 3.8) is 0 Å². The van der Waals surface area contributed by atoms with Gasteiger partial charge in [0.2, 0.25) is 0 Å². The topological polar surface area (TPSA) is 62.8 Å². The number of hydrogen-bond donors (Lipinski definition) is 2. The molecule has 3 heterocycles. The lowest BCUT2D eigenvalue weighted by Gasteiger charge is -2.40. The summed E-state index contributed by atoms with van der Waals surface area (Å²) in [6.45, 7) is 0.873. The predicted molar refractivity (Wildman–Crippen MR) is 71.5 cm³/mol. The van der Waals surface area contributed by atoms with Crippen LogP contribution in [-0.4, -0.2) is 45.9 Å². The zero-order valence-electron chi connectivity index (χ0n) is 10.7. The van der Waals surface area contributed by atoms with Crippen molar-refractivity contribution in [1.29, 1.82) is 0 Å². The van der Waals surface area contributed by atoms with Crippen LogP contribution in [0.5, 0.6) is 0 Å². The molecule has 3 rings (SSSR count). The van der Waals surface area contributed by atoms with Crippen LogP contribution in [0, 0.1) is 5.92 Å². The number of H-pyrrole nitrogens is 1. The van der Waals surface area contributed by atoms with E-state index >= 15 is 0 Å². The fraction of sp³-hybridized carbons (Fsp3) is 0.833. The minimum absolute atomic E-state index is 0.128. The summed E-state index contributed by atoms with van der Waals surface area (Å²) in [5.74, 6) is 3.91. The summed E-state index contributed by atoms with van der Waals surface area (Å²) in [6.07, 6.45) is 5.01. The Bertz CT molecular complexity index is 377. The van der Waals surface area contributed by atoms with Crippen molar-refractivity contribution in [2.75, 3.05) is 25.2 Å². The zero-order chi connectivity index (χ0) is 12.4. The van der Waals surface area contributed by atoms with E-state index in [1.165, 1.54) is 12.2 Å². The molecule has 0 amide bonds. The van der Waals surface area contributed by atoms with Crippen molar-refractivity contribution < 1.29 is 4.74 Å². The Balaban J connectivity index is 1.74. The molecule has 3 atom stereocenters. The van der Waals surface area contributed by atoms with E-state index in [1.807, 2.05) is 18.8 Å². The van der Waals surface area contributed by atoms with Crippen molar-refractivity contribution in [2.24, 2.45) is 5.92 Å². The molecule has 5 nitrogen and oxygen atoms in total. The fourth-order valence-electron chi connectivity index (χ4n) is 3.17. The maximum atomic E-state index is 6.07. The molecule has 0 aromatic carbocycles. The second kappa shape index (κ2) is 5.19. The number of nitrogens with one attached hydrogen (secondary N) is 2. The highest BCUT2D eigenvalue weighted by Crippen LogP contribution is 2.43. The van der Waals surface area contributed by atoms with Gasteiger partial charge in [-0.2, -0.15) is 16.9 Å². The van der Waals surface area contributed by atoms with Crippen LogP contribution in [0.3, 0.4) is 0 Å². The summed E-state index contributed by atoms with van der Waals surface area (Å²) in [7, 11) is 2.00. The van der Waals surface area contributed by atoms with E-state index in [0.29, 0.717) is 5.92 Å². The average Bonchev–Trinajstić information content (AvgIpc) is 3.03. The number of nitrogens with zero attached hydrogens (tertiary/aromatic N) is 2. The van der Waals surface area contributed by atoms with E-state index in [2.05, 4.69) is 20.5 Å². The first-order valence-electron chi connectivity index (χ1n) is 6.57. The summed E-state index contributed by atoms with van der Waals surface area (Å²) >= 11 is 2.02. The third kappa shape index (κ3) is 2.29. The van der Waals surface area contributed by atoms with E-state index in [9.17, 15) is 0 Å². The van der Waals surface area contributed by atoms with Gasteiger partial charge in [-0.1, -0.05) is 0 Å². The molecule has 2 fully saturated rings. The largest absolute Gasteiger partial charge is 0.374 e. The monoisotopic (exact) mass is 268 g/mol. The average molecular weight is 268 g/mol. The van der Waals surface area contributed by atoms with Gasteiger partial charge < -0.3 is 10.1 Å². The first-order valence-corrected chi connectivity index (χ1v) is 7.73. The molecule has 2 N–H and O–H groups in total. The van der Waals surface area contributed by atoms with E-state index in [-0.39, 0.29) is 11.6 Å². The van der Waals surface area contributed by atoms with Crippen LogP contribution in [0.15, 0.2) is 6.33 Å². The number of ether oxygens (including phenoxy) is 1. The maximum Gasteiger partial charge on any atom is 0.141 e. The summed E-state index contributed by atoms with van der Waals surface area (Å²) in [5.41, 5.74) is 0.128. The number of aromatic amines is 1. The van der Waals surface area contributed by atoms with Gasteiger partial charge in [0.05, 0.1) is 11.6 Å². The van der Waals surface area contributed by atoms with Gasteiger partial charge in [-0.3, -0.25) is 5.10 Å². The van der Waals surface area contributed by atoms with E-state index in [0.717, 1.165) is 31.0 Å². The zero-order valence-corrected chi connectivity index (χ0v) is 11.5. The normalized spacial score (nSPS) is 33.9. The van der Waals surface area contributed by atoms with Crippen LogP contribution in [0.4, 0.5) is 0 Å². The molecular weight excluding hydrogens is 248 g/mol. The van der Waals surface area contributed by atoms with Crippen LogP contribution in [0.2, 0.25) is 0 Å². The Morgan fingerprint density at radius 2 is 2.61 bits per heavy atom. The summed E-state index contributed by atoms with van der Waals surface area (Å²) in [4.78, 5) is 4.30. The molecule has 0 radical (unpaired) electrons. The van der Waals surface area contributed by atoms with E-state index in [4.69, 9.17) is 4.74 Å². The van der Waals surface area contributed by atoms with Gasteiger partial charge in [0.15, 0.2) is 0 Å². The van der Waals surface area contributed by atoms with E-state index < -0.39 is 0 Å². The summed E-state index contributed by atoms with van der Waals surface area (Å²) in [5, 5.41) is 10.3. The highest BCUT2D eigenvalue weighted by atomic mass is 32.2. The summed E-state index contributed by atoms with van der Waals surface area (Å²) < 4.78 is 6.07. The van der Waals surface area contributed by atoms with Gasteiger partial charge in [-0.05, 0) is 38.0 Å². The maximum absolute atomic E-state index is 6.07. The number of aromatic nitrogens is 3. The highest BCUT2D eigenvalue weighted by Gasteiger charge is 2.42. The molecule has 2 aliphatic heterocycles. The molecule has 100 valence electrons. The molecule has 2 saturated heterocycles. The third-order valence-corrected chi connectivity index (χ3v) is 5.33. The summed E-state index contributed by atoms with van der Waals surface area (Å²) in [6, 6.07) is 0.263. The number of rotatable bonds is 3. The Kier molecular flexibility index (Phi) is 3.59. The minimum atomic E-state index is 0.128. The molecule has 0 bridgehead atoms. The molecule has 3 unspecified atom stereocenters. The Morgan fingerprint density at radius 1 is 1.67 bits per heavy atom. The predicted octanol–water partition coefficient (Wildman–Crippen LogP) is 1.37. The number of hydrogen-bond acceptors (Lipinski definition) is 5. The first kappa shape index (κ1) is 12.4. The second-order valence-corrected chi connectivity index (χ2v) is 6.33. The molecule has 1 aromatic heterocycles. The van der Waals surface area contributed by atoms with Gasteiger partial charge in [0, 0.05) is 12.4 Å². The third-order valence-electron chi connectivity index (χ3n) is 4.11. The lowest BCUT2D eigenvalue weighted by atomic mass is 9.81. The van der Waals surface area contributed by atoms with Gasteiger partial charge in [0.25, 0.3) is 0 Å². The molecule has 2 aliphatic rings. The Hall–Kier alpha value is -0.590. The van der Waals surface area contributed by atoms with Crippen molar-refractivity contribution in [1.82, 2.24) is 20.5 Å². The molecular formula is C12H20N4OS. The van der Waals surface area contributed by atoms with E-state index in [1.54, 1.807) is 6.33 Å². The number of thioether (sulfide) groups is 1. The molecule has 18 heavy (non-hydrogen) atoms. The molecule has 1 aromatic rings. The van der Waals surface area contributed by atoms with Crippen LogP contribution in [0.25, 0.3) is 0 Å². The van der Waals surface area contributed by atoms with Gasteiger partial charge in [-0.25, -0.2) is 4.98 Å². The molecule has 0 aliphatic carbocycles. The molecule has 6 heteroatoms. The van der Waals surface area contributed by atoms with Crippen LogP contribution in [0.1, 0.15) is 31.1 Å². The Morgan fingerprint density at radius 3 is 3.28 bits per heavy atom. The Labute approximate surface area is 111 Å². The SMILES string of the molecule is CNC(c1ncn[nH]1)C1CCOC2(CCSC2)C1. The van der Waals surface area contributed by atoms with Crippen LogP contribution in [-0.2, 0) is 4.74 Å². The second-order valence-electron chi connectivity index (χ2n) is 5.22. The van der Waals surface area contributed by atoms with Crippen molar-refractivity contribution in [3.05, 3.63) is 12.2 Å².